The molecule has 0 saturated carbocycles. The van der Waals surface area contributed by atoms with Crippen LogP contribution in [0.1, 0.15) is 19.4 Å². The highest BCUT2D eigenvalue weighted by atomic mass is 79.9. The Balaban J connectivity index is 1.73. The zero-order valence-electron chi connectivity index (χ0n) is 10.7. The van der Waals surface area contributed by atoms with Crippen molar-refractivity contribution in [1.82, 2.24) is 10.6 Å². The monoisotopic (exact) mass is 372 g/mol. The number of hydrogen-bond acceptors (Lipinski definition) is 4. The molecule has 2 amide bonds. The van der Waals surface area contributed by atoms with Gasteiger partial charge in [-0.25, -0.2) is 0 Å². The molecule has 4 nitrogen and oxygen atoms in total. The van der Waals surface area contributed by atoms with E-state index in [1.807, 2.05) is 19.1 Å². The Bertz CT molecular complexity index is 621. The third-order valence-corrected chi connectivity index (χ3v) is 5.09. The highest BCUT2D eigenvalue weighted by Crippen LogP contribution is 2.21. The number of carbonyl (C=O) groups excluding carboxylic acids is 2. The molecule has 2 heterocycles. The van der Waals surface area contributed by atoms with Crippen molar-refractivity contribution < 1.29 is 9.59 Å². The standard InChI is InChI=1S/C13H13BrN2O2S2/c1-8-2-3-9(19-8)6-15-12(17)7-16-13(18)10-4-5-11(14)20-10/h2-5H,6-7H2,1H3,(H,15,17)(H,16,18). The molecular formula is C13H13BrN2O2S2. The molecule has 2 aromatic heterocycles. The number of aryl methyl sites for hydroxylation is 1. The van der Waals surface area contributed by atoms with Crippen molar-refractivity contribution in [2.45, 2.75) is 13.5 Å². The van der Waals surface area contributed by atoms with E-state index < -0.39 is 0 Å². The lowest BCUT2D eigenvalue weighted by Gasteiger charge is -2.05. The quantitative estimate of drug-likeness (QED) is 0.847. The Hall–Kier alpha value is -1.18. The maximum atomic E-state index is 11.7. The average molecular weight is 373 g/mol. The van der Waals surface area contributed by atoms with Crippen molar-refractivity contribution in [1.29, 1.82) is 0 Å². The largest absolute Gasteiger partial charge is 0.350 e. The molecule has 0 fully saturated rings. The molecule has 0 spiro atoms. The smallest absolute Gasteiger partial charge is 0.261 e. The second-order valence-corrected chi connectivity index (χ2v) is 7.91. The van der Waals surface area contributed by atoms with Crippen molar-refractivity contribution in [3.05, 3.63) is 42.7 Å². The summed E-state index contributed by atoms with van der Waals surface area (Å²) in [7, 11) is 0. The van der Waals surface area contributed by atoms with Gasteiger partial charge in [0.05, 0.1) is 21.8 Å². The summed E-state index contributed by atoms with van der Waals surface area (Å²) in [6.45, 7) is 2.51. The normalized spacial score (nSPS) is 10.3. The zero-order valence-corrected chi connectivity index (χ0v) is 14.0. The van der Waals surface area contributed by atoms with Gasteiger partial charge in [-0.3, -0.25) is 9.59 Å². The molecule has 7 heteroatoms. The molecule has 0 aliphatic heterocycles. The molecule has 106 valence electrons. The van der Waals surface area contributed by atoms with Crippen molar-refractivity contribution in [3.8, 4) is 0 Å². The van der Waals surface area contributed by atoms with Crippen LogP contribution >= 0.6 is 38.6 Å². The summed E-state index contributed by atoms with van der Waals surface area (Å²) in [6.07, 6.45) is 0. The van der Waals surface area contributed by atoms with Crippen molar-refractivity contribution in [2.24, 2.45) is 0 Å². The molecule has 0 aliphatic carbocycles. The van der Waals surface area contributed by atoms with Crippen LogP contribution in [0.15, 0.2) is 28.1 Å². The van der Waals surface area contributed by atoms with Gasteiger partial charge in [0, 0.05) is 9.75 Å². The first-order chi connectivity index (χ1) is 9.54. The minimum Gasteiger partial charge on any atom is -0.350 e. The van der Waals surface area contributed by atoms with Gasteiger partial charge in [-0.15, -0.1) is 22.7 Å². The number of rotatable bonds is 5. The third-order valence-electron chi connectivity index (χ3n) is 2.46. The van der Waals surface area contributed by atoms with E-state index in [2.05, 4.69) is 26.6 Å². The Labute approximate surface area is 133 Å². The molecular weight excluding hydrogens is 360 g/mol. The summed E-state index contributed by atoms with van der Waals surface area (Å²) in [6, 6.07) is 7.53. The summed E-state index contributed by atoms with van der Waals surface area (Å²) in [5.74, 6) is -0.428. The SMILES string of the molecule is Cc1ccc(CNC(=O)CNC(=O)c2ccc(Br)s2)s1. The lowest BCUT2D eigenvalue weighted by Crippen LogP contribution is -2.36. The molecule has 20 heavy (non-hydrogen) atoms. The van der Waals surface area contributed by atoms with E-state index in [1.54, 1.807) is 23.5 Å². The molecule has 2 aromatic rings. The van der Waals surface area contributed by atoms with Crippen LogP contribution in [0, 0.1) is 6.92 Å². The summed E-state index contributed by atoms with van der Waals surface area (Å²) in [4.78, 5) is 26.3. The predicted molar refractivity (Wildman–Crippen MR) is 85.3 cm³/mol. The van der Waals surface area contributed by atoms with Crippen LogP contribution in [0.5, 0.6) is 0 Å². The van der Waals surface area contributed by atoms with Gasteiger partial charge < -0.3 is 10.6 Å². The van der Waals surface area contributed by atoms with Gasteiger partial charge in [0.2, 0.25) is 5.91 Å². The number of amides is 2. The summed E-state index contributed by atoms with van der Waals surface area (Å²) in [5.41, 5.74) is 0. The molecule has 0 saturated heterocycles. The Kier molecular flexibility index (Phi) is 5.33. The molecule has 0 aliphatic rings. The molecule has 2 rings (SSSR count). The van der Waals surface area contributed by atoms with Crippen LogP contribution in [0.25, 0.3) is 0 Å². The van der Waals surface area contributed by atoms with E-state index in [0.717, 1.165) is 8.66 Å². The highest BCUT2D eigenvalue weighted by Gasteiger charge is 2.10. The van der Waals surface area contributed by atoms with Gasteiger partial charge in [0.1, 0.15) is 0 Å². The fourth-order valence-corrected chi connectivity index (χ4v) is 3.64. The number of hydrogen-bond donors (Lipinski definition) is 2. The second kappa shape index (κ2) is 7.01. The fraction of sp³-hybridized carbons (Fsp3) is 0.231. The first-order valence-electron chi connectivity index (χ1n) is 5.90. The topological polar surface area (TPSA) is 58.2 Å². The maximum absolute atomic E-state index is 11.7. The van der Waals surface area contributed by atoms with Gasteiger partial charge >= 0.3 is 0 Å². The maximum Gasteiger partial charge on any atom is 0.261 e. The minimum atomic E-state index is -0.234. The third kappa shape index (κ3) is 4.43. The van der Waals surface area contributed by atoms with Crippen LogP contribution in [-0.4, -0.2) is 18.4 Å². The lowest BCUT2D eigenvalue weighted by molar-refractivity contribution is -0.120. The summed E-state index contributed by atoms with van der Waals surface area (Å²) >= 11 is 6.28. The number of halogens is 1. The lowest BCUT2D eigenvalue weighted by atomic mass is 10.4. The first-order valence-corrected chi connectivity index (χ1v) is 8.33. The number of nitrogens with one attached hydrogen (secondary N) is 2. The van der Waals surface area contributed by atoms with E-state index in [0.29, 0.717) is 11.4 Å². The highest BCUT2D eigenvalue weighted by molar-refractivity contribution is 9.11. The zero-order chi connectivity index (χ0) is 14.5. The second-order valence-electron chi connectivity index (χ2n) is 4.08. The molecule has 0 atom stereocenters. The van der Waals surface area contributed by atoms with Crippen molar-refractivity contribution >= 4 is 50.4 Å². The molecule has 2 N–H and O–H groups in total. The van der Waals surface area contributed by atoms with Crippen molar-refractivity contribution in [3.63, 3.8) is 0 Å². The van der Waals surface area contributed by atoms with E-state index in [-0.39, 0.29) is 18.4 Å². The van der Waals surface area contributed by atoms with Crippen LogP contribution in [0.3, 0.4) is 0 Å². The molecule has 0 bridgehead atoms. The van der Waals surface area contributed by atoms with Gasteiger partial charge in [0.25, 0.3) is 5.91 Å². The van der Waals surface area contributed by atoms with Crippen LogP contribution in [0.4, 0.5) is 0 Å². The van der Waals surface area contributed by atoms with E-state index in [1.165, 1.54) is 16.2 Å². The van der Waals surface area contributed by atoms with Gasteiger partial charge in [-0.05, 0) is 47.1 Å². The minimum absolute atomic E-state index is 0.0152. The van der Waals surface area contributed by atoms with Crippen LogP contribution < -0.4 is 10.6 Å². The predicted octanol–water partition coefficient (Wildman–Crippen LogP) is 2.93. The van der Waals surface area contributed by atoms with Gasteiger partial charge in [0.15, 0.2) is 0 Å². The van der Waals surface area contributed by atoms with E-state index in [9.17, 15) is 9.59 Å². The van der Waals surface area contributed by atoms with Crippen LogP contribution in [0.2, 0.25) is 0 Å². The van der Waals surface area contributed by atoms with E-state index >= 15 is 0 Å². The number of carbonyl (C=O) groups is 2. The molecule has 0 radical (unpaired) electrons. The summed E-state index contributed by atoms with van der Waals surface area (Å²) in [5, 5.41) is 5.37. The summed E-state index contributed by atoms with van der Waals surface area (Å²) < 4.78 is 0.889. The number of thiophene rings is 2. The Morgan fingerprint density at radius 3 is 2.55 bits per heavy atom. The van der Waals surface area contributed by atoms with Gasteiger partial charge in [-0.2, -0.15) is 0 Å². The van der Waals surface area contributed by atoms with Gasteiger partial charge in [-0.1, -0.05) is 0 Å². The average Bonchev–Trinajstić information content (AvgIpc) is 3.02. The molecule has 0 aromatic carbocycles. The van der Waals surface area contributed by atoms with E-state index in [4.69, 9.17) is 0 Å². The molecule has 0 unspecified atom stereocenters. The first kappa shape index (κ1) is 15.2. The Morgan fingerprint density at radius 1 is 1.15 bits per heavy atom. The van der Waals surface area contributed by atoms with Crippen LogP contribution in [-0.2, 0) is 11.3 Å². The van der Waals surface area contributed by atoms with Crippen molar-refractivity contribution in [2.75, 3.05) is 6.54 Å². The fourth-order valence-electron chi connectivity index (χ4n) is 1.51. The Morgan fingerprint density at radius 2 is 1.95 bits per heavy atom.